The molecule has 6 heteroatoms. The molecular formula is C20H30N4OS. The van der Waals surface area contributed by atoms with Gasteiger partial charge in [-0.2, -0.15) is 0 Å². The Labute approximate surface area is 160 Å². The van der Waals surface area contributed by atoms with Crippen molar-refractivity contribution in [3.05, 3.63) is 23.8 Å². The van der Waals surface area contributed by atoms with E-state index in [2.05, 4.69) is 54.3 Å². The van der Waals surface area contributed by atoms with Crippen LogP contribution in [0.5, 0.6) is 0 Å². The molecule has 1 amide bonds. The van der Waals surface area contributed by atoms with Crippen molar-refractivity contribution in [2.45, 2.75) is 32.6 Å². The van der Waals surface area contributed by atoms with Crippen LogP contribution in [0.1, 0.15) is 31.7 Å². The molecule has 142 valence electrons. The zero-order chi connectivity index (χ0) is 18.5. The highest BCUT2D eigenvalue weighted by molar-refractivity contribution is 7.22. The van der Waals surface area contributed by atoms with Gasteiger partial charge in [0.2, 0.25) is 5.91 Å². The summed E-state index contributed by atoms with van der Waals surface area (Å²) in [6.45, 7) is 5.79. The van der Waals surface area contributed by atoms with E-state index < -0.39 is 0 Å². The fourth-order valence-corrected chi connectivity index (χ4v) is 4.48. The van der Waals surface area contributed by atoms with Crippen LogP contribution in [-0.4, -0.2) is 56.1 Å². The molecule has 1 N–H and O–H groups in total. The number of anilines is 1. The maximum atomic E-state index is 12.3. The minimum Gasteiger partial charge on any atom is -0.356 e. The van der Waals surface area contributed by atoms with E-state index in [1.807, 2.05) is 0 Å². The van der Waals surface area contributed by atoms with Gasteiger partial charge < -0.3 is 15.1 Å². The van der Waals surface area contributed by atoms with Gasteiger partial charge in [-0.25, -0.2) is 4.98 Å². The Morgan fingerprint density at radius 3 is 2.81 bits per heavy atom. The lowest BCUT2D eigenvalue weighted by Gasteiger charge is -2.31. The van der Waals surface area contributed by atoms with E-state index >= 15 is 0 Å². The van der Waals surface area contributed by atoms with Crippen molar-refractivity contribution in [3.8, 4) is 0 Å². The van der Waals surface area contributed by atoms with Crippen LogP contribution in [0.4, 0.5) is 5.13 Å². The molecule has 0 radical (unpaired) electrons. The minimum atomic E-state index is 0.145. The highest BCUT2D eigenvalue weighted by Gasteiger charge is 2.26. The molecule has 0 bridgehead atoms. The van der Waals surface area contributed by atoms with Gasteiger partial charge in [-0.05, 0) is 64.0 Å². The van der Waals surface area contributed by atoms with Gasteiger partial charge in [0.25, 0.3) is 0 Å². The van der Waals surface area contributed by atoms with Crippen LogP contribution in [0.15, 0.2) is 18.2 Å². The number of aryl methyl sites for hydroxylation is 1. The molecule has 3 rings (SSSR count). The Bertz CT molecular complexity index is 734. The van der Waals surface area contributed by atoms with Crippen molar-refractivity contribution in [2.75, 3.05) is 45.2 Å². The van der Waals surface area contributed by atoms with Crippen molar-refractivity contribution < 1.29 is 4.79 Å². The van der Waals surface area contributed by atoms with Crippen molar-refractivity contribution in [2.24, 2.45) is 5.92 Å². The highest BCUT2D eigenvalue weighted by atomic mass is 32.1. The summed E-state index contributed by atoms with van der Waals surface area (Å²) in [5, 5.41) is 4.19. The number of rotatable bonds is 7. The quantitative estimate of drug-likeness (QED) is 0.757. The zero-order valence-electron chi connectivity index (χ0n) is 16.1. The average Bonchev–Trinajstić information content (AvgIpc) is 3.08. The van der Waals surface area contributed by atoms with E-state index in [-0.39, 0.29) is 11.8 Å². The van der Waals surface area contributed by atoms with Crippen LogP contribution in [0.3, 0.4) is 0 Å². The first-order valence-electron chi connectivity index (χ1n) is 9.63. The summed E-state index contributed by atoms with van der Waals surface area (Å²) in [7, 11) is 4.12. The second kappa shape index (κ2) is 8.82. The summed E-state index contributed by atoms with van der Waals surface area (Å²) in [6, 6.07) is 6.55. The zero-order valence-corrected chi connectivity index (χ0v) is 16.9. The molecule has 1 aromatic carbocycles. The fraction of sp³-hybridized carbons (Fsp3) is 0.600. The molecule has 0 saturated carbocycles. The number of benzene rings is 1. The average molecular weight is 375 g/mol. The minimum absolute atomic E-state index is 0.145. The predicted molar refractivity (Wildman–Crippen MR) is 110 cm³/mol. The Hall–Kier alpha value is -1.66. The van der Waals surface area contributed by atoms with Gasteiger partial charge in [-0.1, -0.05) is 24.3 Å². The molecule has 0 aliphatic carbocycles. The van der Waals surface area contributed by atoms with Crippen LogP contribution in [0, 0.1) is 5.92 Å². The van der Waals surface area contributed by atoms with Crippen LogP contribution >= 0.6 is 11.3 Å². The molecule has 26 heavy (non-hydrogen) atoms. The number of nitrogens with zero attached hydrogens (tertiary/aromatic N) is 3. The molecule has 1 aliphatic rings. The number of fused-ring (bicyclic) bond motifs is 1. The molecule has 1 aliphatic heterocycles. The number of thiazole rings is 1. The molecule has 5 nitrogen and oxygen atoms in total. The number of amides is 1. The lowest BCUT2D eigenvalue weighted by Crippen LogP contribution is -2.41. The summed E-state index contributed by atoms with van der Waals surface area (Å²) in [5.41, 5.74) is 2.44. The maximum absolute atomic E-state index is 12.3. The van der Waals surface area contributed by atoms with Crippen LogP contribution < -0.4 is 10.2 Å². The fourth-order valence-electron chi connectivity index (χ4n) is 3.40. The smallest absolute Gasteiger partial charge is 0.223 e. The largest absolute Gasteiger partial charge is 0.356 e. The van der Waals surface area contributed by atoms with E-state index in [0.29, 0.717) is 0 Å². The standard InChI is InChI=1S/C20H30N4OS/c1-4-15-6-7-17-18(14-15)26-20(22-17)24-12-8-16(9-13-24)19(25)21-10-5-11-23(2)3/h6-7,14,16H,4-5,8-13H2,1-3H3,(H,21,25). The van der Waals surface area contributed by atoms with Gasteiger partial charge >= 0.3 is 0 Å². The van der Waals surface area contributed by atoms with E-state index in [1.165, 1.54) is 10.3 Å². The Morgan fingerprint density at radius 2 is 2.12 bits per heavy atom. The highest BCUT2D eigenvalue weighted by Crippen LogP contribution is 2.32. The lowest BCUT2D eigenvalue weighted by atomic mass is 9.96. The number of nitrogens with one attached hydrogen (secondary N) is 1. The molecule has 2 aromatic rings. The van der Waals surface area contributed by atoms with Crippen molar-refractivity contribution in [1.29, 1.82) is 0 Å². The molecule has 1 fully saturated rings. The van der Waals surface area contributed by atoms with Crippen molar-refractivity contribution in [1.82, 2.24) is 15.2 Å². The molecule has 0 spiro atoms. The normalized spacial score (nSPS) is 15.8. The van der Waals surface area contributed by atoms with Gasteiger partial charge in [-0.3, -0.25) is 4.79 Å². The van der Waals surface area contributed by atoms with E-state index in [4.69, 9.17) is 4.98 Å². The number of hydrogen-bond donors (Lipinski definition) is 1. The van der Waals surface area contributed by atoms with Crippen LogP contribution in [0.25, 0.3) is 10.2 Å². The number of carbonyl (C=O) groups excluding carboxylic acids is 1. The number of piperidine rings is 1. The summed E-state index contributed by atoms with van der Waals surface area (Å²) < 4.78 is 1.26. The monoisotopic (exact) mass is 374 g/mol. The Balaban J connectivity index is 1.51. The van der Waals surface area contributed by atoms with Crippen molar-refractivity contribution >= 4 is 32.6 Å². The molecular weight excluding hydrogens is 344 g/mol. The van der Waals surface area contributed by atoms with E-state index in [0.717, 1.165) is 62.5 Å². The molecule has 0 atom stereocenters. The van der Waals surface area contributed by atoms with E-state index in [9.17, 15) is 4.79 Å². The first kappa shape index (κ1) is 19.1. The lowest BCUT2D eigenvalue weighted by molar-refractivity contribution is -0.125. The van der Waals surface area contributed by atoms with Crippen LogP contribution in [0.2, 0.25) is 0 Å². The van der Waals surface area contributed by atoms with Gasteiger partial charge in [0.15, 0.2) is 5.13 Å². The Morgan fingerprint density at radius 1 is 1.35 bits per heavy atom. The third-order valence-electron chi connectivity index (χ3n) is 5.07. The summed E-state index contributed by atoms with van der Waals surface area (Å²) in [6.07, 6.45) is 3.88. The Kier molecular flexibility index (Phi) is 6.48. The molecule has 1 aromatic heterocycles. The molecule has 2 heterocycles. The summed E-state index contributed by atoms with van der Waals surface area (Å²) >= 11 is 1.77. The maximum Gasteiger partial charge on any atom is 0.223 e. The van der Waals surface area contributed by atoms with Gasteiger partial charge in [0.05, 0.1) is 10.2 Å². The van der Waals surface area contributed by atoms with Gasteiger partial charge in [0.1, 0.15) is 0 Å². The summed E-state index contributed by atoms with van der Waals surface area (Å²) in [5.74, 6) is 0.368. The third-order valence-corrected chi connectivity index (χ3v) is 6.15. The third kappa shape index (κ3) is 4.74. The number of aromatic nitrogens is 1. The molecule has 1 saturated heterocycles. The number of carbonyl (C=O) groups is 1. The first-order chi connectivity index (χ1) is 12.6. The topological polar surface area (TPSA) is 48.5 Å². The van der Waals surface area contributed by atoms with Gasteiger partial charge in [0, 0.05) is 25.6 Å². The number of hydrogen-bond acceptors (Lipinski definition) is 5. The second-order valence-electron chi connectivity index (χ2n) is 7.36. The summed E-state index contributed by atoms with van der Waals surface area (Å²) in [4.78, 5) is 21.6. The first-order valence-corrected chi connectivity index (χ1v) is 10.5. The second-order valence-corrected chi connectivity index (χ2v) is 8.37. The van der Waals surface area contributed by atoms with Gasteiger partial charge in [-0.15, -0.1) is 0 Å². The SMILES string of the molecule is CCc1ccc2nc(N3CCC(C(=O)NCCCN(C)C)CC3)sc2c1. The van der Waals surface area contributed by atoms with Crippen LogP contribution in [-0.2, 0) is 11.2 Å². The van der Waals surface area contributed by atoms with Crippen molar-refractivity contribution in [3.63, 3.8) is 0 Å². The molecule has 0 unspecified atom stereocenters. The predicted octanol–water partition coefficient (Wildman–Crippen LogP) is 3.14. The van der Waals surface area contributed by atoms with E-state index in [1.54, 1.807) is 11.3 Å².